The normalized spacial score (nSPS) is 18.5. The van der Waals surface area contributed by atoms with Gasteiger partial charge < -0.3 is 25.0 Å². The smallest absolute Gasteiger partial charge is 0.229 e. The van der Waals surface area contributed by atoms with Crippen LogP contribution in [0.3, 0.4) is 0 Å². The molecule has 1 atom stereocenters. The summed E-state index contributed by atoms with van der Waals surface area (Å²) in [5, 5.41) is 6.66. The first-order valence-corrected chi connectivity index (χ1v) is 12.8. The van der Waals surface area contributed by atoms with Crippen LogP contribution in [0.15, 0.2) is 71.5 Å². The van der Waals surface area contributed by atoms with Crippen molar-refractivity contribution in [1.29, 1.82) is 0 Å². The molecule has 2 aliphatic heterocycles. The van der Waals surface area contributed by atoms with Crippen molar-refractivity contribution in [2.75, 3.05) is 50.5 Å². The monoisotopic (exact) mass is 486 g/mol. The minimum atomic E-state index is 0.322. The van der Waals surface area contributed by atoms with E-state index in [1.807, 2.05) is 30.3 Å². The Balaban J connectivity index is 1.13. The molecule has 3 aliphatic rings. The number of likely N-dealkylation sites (tertiary alicyclic amines) is 1. The molecule has 0 spiro atoms. The van der Waals surface area contributed by atoms with Gasteiger partial charge in [0.05, 0.1) is 19.4 Å². The fraction of sp³-hybridized carbons (Fsp3) is 0.393. The first-order valence-electron chi connectivity index (χ1n) is 12.8. The molecule has 188 valence electrons. The Morgan fingerprint density at radius 1 is 1.11 bits per heavy atom. The van der Waals surface area contributed by atoms with Gasteiger partial charge in [-0.15, -0.1) is 0 Å². The molecule has 1 fully saturated rings. The van der Waals surface area contributed by atoms with E-state index in [2.05, 4.69) is 49.8 Å². The van der Waals surface area contributed by atoms with E-state index < -0.39 is 0 Å². The van der Waals surface area contributed by atoms with Crippen molar-refractivity contribution in [1.82, 2.24) is 14.9 Å². The molecule has 2 aromatic rings. The maximum atomic E-state index is 6.06. The van der Waals surface area contributed by atoms with E-state index in [9.17, 15) is 0 Å². The van der Waals surface area contributed by atoms with Crippen LogP contribution < -0.4 is 20.1 Å². The number of aliphatic imine (C=N–C) groups is 1. The van der Waals surface area contributed by atoms with Crippen molar-refractivity contribution in [2.24, 2.45) is 10.9 Å². The van der Waals surface area contributed by atoms with Crippen LogP contribution in [-0.4, -0.2) is 60.5 Å². The molecule has 0 amide bonds. The van der Waals surface area contributed by atoms with Crippen LogP contribution in [0, 0.1) is 5.92 Å². The van der Waals surface area contributed by atoms with E-state index in [0.717, 1.165) is 54.6 Å². The lowest BCUT2D eigenvalue weighted by Crippen LogP contribution is -2.21. The number of hydrogen-bond acceptors (Lipinski definition) is 8. The first kappa shape index (κ1) is 24.1. The van der Waals surface area contributed by atoms with Crippen LogP contribution in [0.4, 0.5) is 17.5 Å². The van der Waals surface area contributed by atoms with E-state index >= 15 is 0 Å². The van der Waals surface area contributed by atoms with Gasteiger partial charge in [-0.05, 0) is 62.7 Å². The Morgan fingerprint density at radius 3 is 2.89 bits per heavy atom. The molecule has 1 unspecified atom stereocenters. The second-order valence-electron chi connectivity index (χ2n) is 9.15. The highest BCUT2D eigenvalue weighted by molar-refractivity contribution is 6.02. The standard InChI is InChI=1S/C28H34N6O2/c1-35-25-10-9-22(20-26(25)36-18-6-17-34-15-4-5-16-34)32-28-30-14-12-27(33-28)29-13-11-23-19-21-7-2-3-8-24(21)31-23/h2-3,7-10,12,14,19-21H,4-6,11,13,15-18H2,1H3,(H2,29,30,32,33). The SMILES string of the molecule is COc1ccc(Nc2nccc(NCCC3=CC4C=CC=CC4=N3)n2)cc1OCCCN1CCCC1. The summed E-state index contributed by atoms with van der Waals surface area (Å²) in [7, 11) is 1.66. The number of benzene rings is 1. The second-order valence-corrected chi connectivity index (χ2v) is 9.15. The topological polar surface area (TPSA) is 83.9 Å². The number of aromatic nitrogens is 2. The minimum absolute atomic E-state index is 0.322. The van der Waals surface area contributed by atoms with E-state index in [1.165, 1.54) is 25.9 Å². The highest BCUT2D eigenvalue weighted by Crippen LogP contribution is 2.31. The van der Waals surface area contributed by atoms with Gasteiger partial charge in [-0.2, -0.15) is 4.98 Å². The van der Waals surface area contributed by atoms with E-state index in [1.54, 1.807) is 13.3 Å². The Kier molecular flexibility index (Phi) is 7.93. The lowest BCUT2D eigenvalue weighted by Gasteiger charge is -2.16. The quantitative estimate of drug-likeness (QED) is 0.410. The molecular formula is C28H34N6O2. The average Bonchev–Trinajstić information content (AvgIpc) is 3.57. The van der Waals surface area contributed by atoms with Crippen LogP contribution in [-0.2, 0) is 0 Å². The summed E-state index contributed by atoms with van der Waals surface area (Å²) in [6.45, 7) is 4.89. The zero-order chi connectivity index (χ0) is 24.6. The zero-order valence-electron chi connectivity index (χ0n) is 20.8. The van der Waals surface area contributed by atoms with Gasteiger partial charge in [0, 0.05) is 49.1 Å². The Hall–Kier alpha value is -3.65. The molecule has 1 aromatic heterocycles. The summed E-state index contributed by atoms with van der Waals surface area (Å²) in [4.78, 5) is 16.2. The van der Waals surface area contributed by atoms with Crippen LogP contribution in [0.1, 0.15) is 25.7 Å². The summed E-state index contributed by atoms with van der Waals surface area (Å²) in [6.07, 6.45) is 16.8. The maximum absolute atomic E-state index is 6.06. The van der Waals surface area contributed by atoms with Crippen molar-refractivity contribution < 1.29 is 9.47 Å². The molecule has 5 rings (SSSR count). The third-order valence-electron chi connectivity index (χ3n) is 6.52. The van der Waals surface area contributed by atoms with Gasteiger partial charge in [-0.25, -0.2) is 4.98 Å². The Morgan fingerprint density at radius 2 is 2.03 bits per heavy atom. The predicted molar refractivity (Wildman–Crippen MR) is 144 cm³/mol. The van der Waals surface area contributed by atoms with Crippen LogP contribution >= 0.6 is 0 Å². The molecule has 1 aromatic carbocycles. The van der Waals surface area contributed by atoms with Crippen LogP contribution in [0.25, 0.3) is 0 Å². The summed E-state index contributed by atoms with van der Waals surface area (Å²) in [6, 6.07) is 7.65. The Bertz CT molecular complexity index is 1170. The molecule has 36 heavy (non-hydrogen) atoms. The number of nitrogens with one attached hydrogen (secondary N) is 2. The van der Waals surface area contributed by atoms with Crippen molar-refractivity contribution in [2.45, 2.75) is 25.7 Å². The van der Waals surface area contributed by atoms with Crippen molar-refractivity contribution in [3.63, 3.8) is 0 Å². The molecule has 1 aliphatic carbocycles. The lowest BCUT2D eigenvalue weighted by atomic mass is 10.00. The molecule has 8 nitrogen and oxygen atoms in total. The van der Waals surface area contributed by atoms with Gasteiger partial charge in [0.2, 0.25) is 5.95 Å². The van der Waals surface area contributed by atoms with Crippen LogP contribution in [0.5, 0.6) is 11.5 Å². The zero-order valence-corrected chi connectivity index (χ0v) is 20.8. The van der Waals surface area contributed by atoms with Gasteiger partial charge in [0.1, 0.15) is 5.82 Å². The third kappa shape index (κ3) is 6.31. The number of allylic oxidation sites excluding steroid dienone is 5. The molecule has 1 saturated heterocycles. The molecule has 0 radical (unpaired) electrons. The fourth-order valence-corrected chi connectivity index (χ4v) is 4.66. The number of methoxy groups -OCH3 is 1. The summed E-state index contributed by atoms with van der Waals surface area (Å²) >= 11 is 0. The molecule has 2 N–H and O–H groups in total. The number of ether oxygens (including phenoxy) is 2. The number of anilines is 3. The molecule has 0 saturated carbocycles. The summed E-state index contributed by atoms with van der Waals surface area (Å²) < 4.78 is 11.5. The van der Waals surface area contributed by atoms with Crippen LogP contribution in [0.2, 0.25) is 0 Å². The van der Waals surface area contributed by atoms with E-state index in [-0.39, 0.29) is 0 Å². The first-order chi connectivity index (χ1) is 17.8. The largest absolute Gasteiger partial charge is 0.493 e. The molecule has 3 heterocycles. The minimum Gasteiger partial charge on any atom is -0.493 e. The number of rotatable bonds is 12. The van der Waals surface area contributed by atoms with Gasteiger partial charge in [-0.1, -0.05) is 18.2 Å². The van der Waals surface area contributed by atoms with E-state index in [4.69, 9.17) is 14.5 Å². The second kappa shape index (κ2) is 11.9. The maximum Gasteiger partial charge on any atom is 0.229 e. The molecule has 0 bridgehead atoms. The Labute approximate surface area is 212 Å². The number of hydrogen-bond donors (Lipinski definition) is 2. The van der Waals surface area contributed by atoms with Gasteiger partial charge in [0.15, 0.2) is 11.5 Å². The fourth-order valence-electron chi connectivity index (χ4n) is 4.66. The lowest BCUT2D eigenvalue weighted by molar-refractivity contribution is 0.254. The predicted octanol–water partition coefficient (Wildman–Crippen LogP) is 4.98. The summed E-state index contributed by atoms with van der Waals surface area (Å²) in [5.74, 6) is 3.04. The van der Waals surface area contributed by atoms with Gasteiger partial charge in [-0.3, -0.25) is 4.99 Å². The highest BCUT2D eigenvalue weighted by atomic mass is 16.5. The third-order valence-corrected chi connectivity index (χ3v) is 6.52. The van der Waals surface area contributed by atoms with Gasteiger partial charge in [0.25, 0.3) is 0 Å². The van der Waals surface area contributed by atoms with Gasteiger partial charge >= 0.3 is 0 Å². The molecule has 8 heteroatoms. The number of nitrogens with zero attached hydrogens (tertiary/aromatic N) is 4. The highest BCUT2D eigenvalue weighted by Gasteiger charge is 2.17. The van der Waals surface area contributed by atoms with Crippen molar-refractivity contribution in [3.8, 4) is 11.5 Å². The number of fused-ring (bicyclic) bond motifs is 1. The van der Waals surface area contributed by atoms with E-state index in [0.29, 0.717) is 24.2 Å². The average molecular weight is 487 g/mol. The summed E-state index contributed by atoms with van der Waals surface area (Å²) in [5.41, 5.74) is 3.07. The molecular weight excluding hydrogens is 452 g/mol. The van der Waals surface area contributed by atoms with Crippen molar-refractivity contribution >= 4 is 23.2 Å². The van der Waals surface area contributed by atoms with Crippen molar-refractivity contribution in [3.05, 3.63) is 66.5 Å².